The molecule has 0 aliphatic heterocycles. The molecule has 0 aliphatic rings. The minimum absolute atomic E-state index is 0.0370. The van der Waals surface area contributed by atoms with Crippen LogP contribution in [0.2, 0.25) is 0 Å². The average Bonchev–Trinajstić information content (AvgIpc) is 3.39. The monoisotopic (exact) mass is 515 g/mol. The summed E-state index contributed by atoms with van der Waals surface area (Å²) in [4.78, 5) is 20.9. The number of pyridine rings is 2. The molecule has 0 saturated heterocycles. The van der Waals surface area contributed by atoms with Crippen molar-refractivity contribution in [1.82, 2.24) is 14.5 Å². The van der Waals surface area contributed by atoms with Crippen molar-refractivity contribution in [1.29, 1.82) is 0 Å². The van der Waals surface area contributed by atoms with Crippen molar-refractivity contribution < 1.29 is 23.0 Å². The topological polar surface area (TPSA) is 80.1 Å². The molecule has 0 fully saturated rings. The molecule has 0 spiro atoms. The molecule has 0 aliphatic carbocycles. The van der Waals surface area contributed by atoms with Crippen LogP contribution in [0.1, 0.15) is 5.56 Å². The molecule has 3 heterocycles. The number of aromatic nitrogens is 3. The fourth-order valence-electron chi connectivity index (χ4n) is 4.73. The van der Waals surface area contributed by atoms with Crippen LogP contribution in [0.25, 0.3) is 49.5 Å². The number of rotatable bonds is 5. The van der Waals surface area contributed by atoms with Crippen LogP contribution in [0.15, 0.2) is 90.0 Å². The Balaban J connectivity index is 1.60. The van der Waals surface area contributed by atoms with Gasteiger partial charge in [-0.25, -0.2) is 0 Å². The van der Waals surface area contributed by atoms with Crippen molar-refractivity contribution in [3.8, 4) is 22.6 Å². The Morgan fingerprint density at radius 1 is 0.921 bits per heavy atom. The Bertz CT molecular complexity index is 1890. The number of aromatic amines is 1. The number of benzene rings is 3. The summed E-state index contributed by atoms with van der Waals surface area (Å²) in [6.07, 6.45) is -1.27. The molecule has 0 saturated carbocycles. The Hall–Kier alpha value is -4.63. The zero-order chi connectivity index (χ0) is 26.4. The first kappa shape index (κ1) is 23.7. The maximum Gasteiger partial charge on any atom is 0.420 e. The molecule has 6 rings (SSSR count). The Labute approximate surface area is 213 Å². The van der Waals surface area contributed by atoms with E-state index in [0.29, 0.717) is 21.8 Å². The summed E-state index contributed by atoms with van der Waals surface area (Å²) in [6.45, 7) is -0.718. The Morgan fingerprint density at radius 3 is 2.53 bits per heavy atom. The van der Waals surface area contributed by atoms with Crippen LogP contribution >= 0.6 is 0 Å². The smallest absolute Gasteiger partial charge is 0.420 e. The molecule has 3 aromatic heterocycles. The summed E-state index contributed by atoms with van der Waals surface area (Å²) in [5.74, 6) is -0.419. The van der Waals surface area contributed by atoms with E-state index in [4.69, 9.17) is 9.84 Å². The second-order valence-electron chi connectivity index (χ2n) is 8.83. The molecule has 6 aromatic rings. The third-order valence-corrected chi connectivity index (χ3v) is 6.48. The number of alkyl halides is 3. The Kier molecular flexibility index (Phi) is 5.65. The second kappa shape index (κ2) is 9.04. The van der Waals surface area contributed by atoms with Crippen LogP contribution in [-0.4, -0.2) is 32.9 Å². The number of fused-ring (bicyclic) bond motifs is 4. The maximum atomic E-state index is 13.9. The molecule has 6 nitrogen and oxygen atoms in total. The van der Waals surface area contributed by atoms with E-state index >= 15 is 0 Å². The van der Waals surface area contributed by atoms with Gasteiger partial charge in [0, 0.05) is 34.7 Å². The van der Waals surface area contributed by atoms with E-state index in [1.165, 1.54) is 22.8 Å². The highest BCUT2D eigenvalue weighted by atomic mass is 19.4. The predicted octanol–water partition coefficient (Wildman–Crippen LogP) is 6.08. The highest BCUT2D eigenvalue weighted by Crippen LogP contribution is 2.38. The number of hydrogen-bond acceptors (Lipinski definition) is 4. The summed E-state index contributed by atoms with van der Waals surface area (Å²) in [6, 6.07) is 20.0. The molecule has 9 heteroatoms. The van der Waals surface area contributed by atoms with Crippen molar-refractivity contribution in [2.75, 3.05) is 13.2 Å². The zero-order valence-electron chi connectivity index (χ0n) is 19.8. The van der Waals surface area contributed by atoms with Crippen LogP contribution in [-0.2, 0) is 6.18 Å². The van der Waals surface area contributed by atoms with Gasteiger partial charge in [-0.2, -0.15) is 13.2 Å². The van der Waals surface area contributed by atoms with Crippen molar-refractivity contribution in [2.24, 2.45) is 0 Å². The number of H-pyrrole nitrogens is 1. The number of aliphatic hydroxyl groups is 1. The molecule has 190 valence electrons. The first-order valence-corrected chi connectivity index (χ1v) is 11.8. The number of ether oxygens (including phenoxy) is 1. The van der Waals surface area contributed by atoms with Gasteiger partial charge in [-0.1, -0.05) is 18.2 Å². The van der Waals surface area contributed by atoms with Crippen molar-refractivity contribution in [3.05, 3.63) is 101 Å². The molecular weight excluding hydrogens is 495 g/mol. The SMILES string of the molecule is O=c1ccc2cnc3ccc(-c4ccc5cc[nH]c5c4)cc3c2n1-c1ccc(OCCO)c(C(F)(F)F)c1. The van der Waals surface area contributed by atoms with Gasteiger partial charge >= 0.3 is 6.18 Å². The van der Waals surface area contributed by atoms with Crippen LogP contribution in [0.3, 0.4) is 0 Å². The Morgan fingerprint density at radius 2 is 1.71 bits per heavy atom. The van der Waals surface area contributed by atoms with Crippen LogP contribution in [0.5, 0.6) is 5.75 Å². The van der Waals surface area contributed by atoms with Crippen LogP contribution in [0, 0.1) is 0 Å². The molecule has 2 N–H and O–H groups in total. The van der Waals surface area contributed by atoms with E-state index < -0.39 is 29.7 Å². The fraction of sp³-hybridized carbons (Fsp3) is 0.103. The van der Waals surface area contributed by atoms with Gasteiger partial charge in [0.2, 0.25) is 0 Å². The van der Waals surface area contributed by atoms with Gasteiger partial charge in [-0.05, 0) is 65.0 Å². The van der Waals surface area contributed by atoms with Gasteiger partial charge < -0.3 is 14.8 Å². The van der Waals surface area contributed by atoms with E-state index in [2.05, 4.69) is 9.97 Å². The average molecular weight is 515 g/mol. The lowest BCUT2D eigenvalue weighted by Crippen LogP contribution is -2.19. The second-order valence-corrected chi connectivity index (χ2v) is 8.83. The van der Waals surface area contributed by atoms with E-state index in [1.807, 2.05) is 48.7 Å². The molecule has 38 heavy (non-hydrogen) atoms. The standard InChI is InChI=1S/C29H20F3N3O3/c30-29(31,32)23-15-21(5-7-26(23)38-12-11-36)35-27(37)8-4-20-16-34-24-6-3-18(13-22(24)28(20)35)19-2-1-17-9-10-33-25(17)14-19/h1-10,13-16,33,36H,11-12H2. The minimum atomic E-state index is -4.73. The molecular formula is C29H20F3N3O3. The number of nitrogens with zero attached hydrogens (tertiary/aromatic N) is 2. The normalized spacial score (nSPS) is 12.0. The van der Waals surface area contributed by atoms with Gasteiger partial charge in [0.15, 0.2) is 0 Å². The summed E-state index contributed by atoms with van der Waals surface area (Å²) >= 11 is 0. The number of hydrogen-bond donors (Lipinski definition) is 2. The van der Waals surface area contributed by atoms with Gasteiger partial charge in [-0.15, -0.1) is 0 Å². The number of halogens is 3. The van der Waals surface area contributed by atoms with Crippen LogP contribution < -0.4 is 10.3 Å². The molecule has 0 amide bonds. The van der Waals surface area contributed by atoms with Crippen molar-refractivity contribution in [2.45, 2.75) is 6.18 Å². The predicted molar refractivity (Wildman–Crippen MR) is 140 cm³/mol. The van der Waals surface area contributed by atoms with E-state index in [1.54, 1.807) is 12.3 Å². The minimum Gasteiger partial charge on any atom is -0.491 e. The van der Waals surface area contributed by atoms with Gasteiger partial charge in [0.1, 0.15) is 12.4 Å². The lowest BCUT2D eigenvalue weighted by atomic mass is 10.0. The lowest BCUT2D eigenvalue weighted by Gasteiger charge is -2.17. The maximum absolute atomic E-state index is 13.9. The molecule has 0 radical (unpaired) electrons. The highest BCUT2D eigenvalue weighted by molar-refractivity contribution is 6.05. The third kappa shape index (κ3) is 4.06. The fourth-order valence-corrected chi connectivity index (χ4v) is 4.73. The van der Waals surface area contributed by atoms with Crippen molar-refractivity contribution >= 4 is 32.7 Å². The van der Waals surface area contributed by atoms with E-state index in [-0.39, 0.29) is 12.3 Å². The number of nitrogens with one attached hydrogen (secondary N) is 1. The van der Waals surface area contributed by atoms with Gasteiger partial charge in [0.25, 0.3) is 5.56 Å². The van der Waals surface area contributed by atoms with E-state index in [9.17, 15) is 18.0 Å². The quantitative estimate of drug-likeness (QED) is 0.273. The molecule has 3 aromatic carbocycles. The molecule has 0 bridgehead atoms. The summed E-state index contributed by atoms with van der Waals surface area (Å²) in [5, 5.41) is 11.3. The molecule has 0 unspecified atom stereocenters. The van der Waals surface area contributed by atoms with Crippen LogP contribution in [0.4, 0.5) is 13.2 Å². The zero-order valence-corrected chi connectivity index (χ0v) is 19.8. The molecule has 0 atom stereocenters. The third-order valence-electron chi connectivity index (χ3n) is 6.48. The lowest BCUT2D eigenvalue weighted by molar-refractivity contribution is -0.139. The first-order valence-electron chi connectivity index (χ1n) is 11.8. The summed E-state index contributed by atoms with van der Waals surface area (Å²) in [7, 11) is 0. The first-order chi connectivity index (χ1) is 18.3. The van der Waals surface area contributed by atoms with Crippen molar-refractivity contribution in [3.63, 3.8) is 0 Å². The van der Waals surface area contributed by atoms with Gasteiger partial charge in [-0.3, -0.25) is 14.3 Å². The largest absolute Gasteiger partial charge is 0.491 e. The van der Waals surface area contributed by atoms with Gasteiger partial charge in [0.05, 0.1) is 28.9 Å². The summed E-state index contributed by atoms with van der Waals surface area (Å²) < 4.78 is 48.2. The highest BCUT2D eigenvalue weighted by Gasteiger charge is 2.35. The summed E-state index contributed by atoms with van der Waals surface area (Å²) in [5.41, 5.74) is 2.34. The number of aliphatic hydroxyl groups excluding tert-OH is 1. The van der Waals surface area contributed by atoms with E-state index in [0.717, 1.165) is 28.1 Å².